The van der Waals surface area contributed by atoms with Gasteiger partial charge in [-0.15, -0.1) is 0 Å². The molecule has 0 spiro atoms. The van der Waals surface area contributed by atoms with Crippen LogP contribution in [0.3, 0.4) is 0 Å². The number of hydrogen-bond donors (Lipinski definition) is 1. The Morgan fingerprint density at radius 1 is 1.06 bits per heavy atom. The molecule has 1 N–H and O–H groups in total. The van der Waals surface area contributed by atoms with Gasteiger partial charge in [0.1, 0.15) is 5.75 Å². The van der Waals surface area contributed by atoms with Gasteiger partial charge in [0.2, 0.25) is 0 Å². The Morgan fingerprint density at radius 3 is 2.66 bits per heavy atom. The van der Waals surface area contributed by atoms with Crippen molar-refractivity contribution in [2.24, 2.45) is 5.92 Å². The van der Waals surface area contributed by atoms with Crippen molar-refractivity contribution in [1.82, 2.24) is 4.90 Å². The Kier molecular flexibility index (Phi) is 7.00. The summed E-state index contributed by atoms with van der Waals surface area (Å²) in [4.78, 5) is 28.6. The normalized spacial score (nSPS) is 15.9. The Balaban J connectivity index is 1.37. The molecular weight excluding hydrogens is 440 g/mol. The van der Waals surface area contributed by atoms with E-state index >= 15 is 0 Å². The fourth-order valence-electron chi connectivity index (χ4n) is 5.02. The van der Waals surface area contributed by atoms with Crippen LogP contribution in [0.1, 0.15) is 58.9 Å². The summed E-state index contributed by atoms with van der Waals surface area (Å²) < 4.78 is 11.4. The molecule has 3 aromatic rings. The first-order chi connectivity index (χ1) is 17.2. The van der Waals surface area contributed by atoms with E-state index in [1.54, 1.807) is 6.07 Å². The zero-order valence-electron chi connectivity index (χ0n) is 20.2. The molecule has 2 aliphatic heterocycles. The van der Waals surface area contributed by atoms with Gasteiger partial charge in [-0.25, -0.2) is 0 Å². The van der Waals surface area contributed by atoms with Gasteiger partial charge >= 0.3 is 0 Å². The third-order valence-electron chi connectivity index (χ3n) is 6.96. The second-order valence-corrected chi connectivity index (χ2v) is 9.39. The molecule has 182 valence electrons. The van der Waals surface area contributed by atoms with Crippen LogP contribution in [-0.2, 0) is 11.3 Å². The minimum atomic E-state index is -0.231. The van der Waals surface area contributed by atoms with Gasteiger partial charge in [0.05, 0.1) is 17.9 Å². The lowest BCUT2D eigenvalue weighted by atomic mass is 10.00. The number of anilines is 1. The lowest BCUT2D eigenvalue weighted by molar-refractivity contribution is 0.0469. The Labute approximate surface area is 206 Å². The standard InChI is InChI=1S/C29H32N2O4/c1-2-3-15-35-26-12-11-24(22-8-4-5-9-23(22)26)28(32)30-25-10-6-7-21-19-31(29(33)27(21)25)18-20-13-16-34-17-14-20/h4-12,20H,2-3,13-19H2,1H3,(H,30,32). The average Bonchev–Trinajstić information content (AvgIpc) is 3.20. The van der Waals surface area contributed by atoms with E-state index < -0.39 is 0 Å². The topological polar surface area (TPSA) is 67.9 Å². The summed E-state index contributed by atoms with van der Waals surface area (Å²) >= 11 is 0. The fraction of sp³-hybridized carbons (Fsp3) is 0.379. The molecule has 0 aliphatic carbocycles. The minimum absolute atomic E-state index is 0.00748. The van der Waals surface area contributed by atoms with Crippen LogP contribution < -0.4 is 10.1 Å². The van der Waals surface area contributed by atoms with Crippen LogP contribution in [-0.4, -0.2) is 43.1 Å². The maximum absolute atomic E-state index is 13.4. The number of ether oxygens (including phenoxy) is 2. The molecule has 6 heteroatoms. The highest BCUT2D eigenvalue weighted by Gasteiger charge is 2.32. The maximum Gasteiger partial charge on any atom is 0.256 e. The smallest absolute Gasteiger partial charge is 0.256 e. The summed E-state index contributed by atoms with van der Waals surface area (Å²) in [6.45, 7) is 5.61. The van der Waals surface area contributed by atoms with Crippen molar-refractivity contribution in [3.63, 3.8) is 0 Å². The number of carbonyl (C=O) groups excluding carboxylic acids is 2. The SMILES string of the molecule is CCCCOc1ccc(C(=O)Nc2cccc3c2C(=O)N(CC2CCOCC2)C3)c2ccccc12. The number of hydrogen-bond acceptors (Lipinski definition) is 4. The van der Waals surface area contributed by atoms with Gasteiger partial charge < -0.3 is 19.7 Å². The first-order valence-electron chi connectivity index (χ1n) is 12.6. The van der Waals surface area contributed by atoms with Crippen molar-refractivity contribution >= 4 is 28.3 Å². The molecule has 0 atom stereocenters. The molecule has 0 unspecified atom stereocenters. The van der Waals surface area contributed by atoms with Gasteiger partial charge in [-0.1, -0.05) is 49.7 Å². The van der Waals surface area contributed by atoms with E-state index in [9.17, 15) is 9.59 Å². The second-order valence-electron chi connectivity index (χ2n) is 9.39. The lowest BCUT2D eigenvalue weighted by Crippen LogP contribution is -2.32. The molecule has 35 heavy (non-hydrogen) atoms. The summed E-state index contributed by atoms with van der Waals surface area (Å²) in [6.07, 6.45) is 4.00. The summed E-state index contributed by atoms with van der Waals surface area (Å²) in [7, 11) is 0. The van der Waals surface area contributed by atoms with Crippen molar-refractivity contribution in [2.75, 3.05) is 31.7 Å². The summed E-state index contributed by atoms with van der Waals surface area (Å²) in [5, 5.41) is 4.77. The number of nitrogens with zero attached hydrogens (tertiary/aromatic N) is 1. The molecule has 0 radical (unpaired) electrons. The predicted molar refractivity (Wildman–Crippen MR) is 137 cm³/mol. The molecule has 2 heterocycles. The zero-order chi connectivity index (χ0) is 24.2. The molecule has 1 saturated heterocycles. The van der Waals surface area contributed by atoms with Gasteiger partial charge in [0.25, 0.3) is 11.8 Å². The van der Waals surface area contributed by atoms with Crippen molar-refractivity contribution in [3.8, 4) is 5.75 Å². The van der Waals surface area contributed by atoms with Crippen LogP contribution in [0.25, 0.3) is 10.8 Å². The minimum Gasteiger partial charge on any atom is -0.493 e. The third kappa shape index (κ3) is 4.89. The van der Waals surface area contributed by atoms with Crippen molar-refractivity contribution in [2.45, 2.75) is 39.2 Å². The van der Waals surface area contributed by atoms with Gasteiger partial charge in [0, 0.05) is 37.3 Å². The van der Waals surface area contributed by atoms with Crippen LogP contribution in [0.15, 0.2) is 54.6 Å². The number of amides is 2. The number of benzene rings is 3. The van der Waals surface area contributed by atoms with E-state index in [0.29, 0.717) is 35.9 Å². The summed E-state index contributed by atoms with van der Waals surface area (Å²) in [5.41, 5.74) is 2.70. The number of carbonyl (C=O) groups is 2. The highest BCUT2D eigenvalue weighted by atomic mass is 16.5. The molecular formula is C29H32N2O4. The largest absolute Gasteiger partial charge is 0.493 e. The average molecular weight is 473 g/mol. The Hall–Kier alpha value is -3.38. The maximum atomic E-state index is 13.4. The van der Waals surface area contributed by atoms with Crippen molar-refractivity contribution < 1.29 is 19.1 Å². The zero-order valence-corrected chi connectivity index (χ0v) is 20.2. The van der Waals surface area contributed by atoms with Crippen LogP contribution in [0.2, 0.25) is 0 Å². The van der Waals surface area contributed by atoms with E-state index in [-0.39, 0.29) is 11.8 Å². The van der Waals surface area contributed by atoms with Crippen molar-refractivity contribution in [1.29, 1.82) is 0 Å². The van der Waals surface area contributed by atoms with Gasteiger partial charge in [-0.05, 0) is 54.3 Å². The van der Waals surface area contributed by atoms with E-state index in [2.05, 4.69) is 12.2 Å². The van der Waals surface area contributed by atoms with E-state index in [0.717, 1.165) is 67.5 Å². The van der Waals surface area contributed by atoms with Crippen molar-refractivity contribution in [3.05, 3.63) is 71.3 Å². The first kappa shape index (κ1) is 23.4. The Morgan fingerprint density at radius 2 is 1.86 bits per heavy atom. The van der Waals surface area contributed by atoms with Gasteiger partial charge in [-0.3, -0.25) is 9.59 Å². The monoisotopic (exact) mass is 472 g/mol. The number of rotatable bonds is 8. The third-order valence-corrected chi connectivity index (χ3v) is 6.96. The molecule has 0 bridgehead atoms. The van der Waals surface area contributed by atoms with Crippen LogP contribution in [0.5, 0.6) is 5.75 Å². The fourth-order valence-corrected chi connectivity index (χ4v) is 5.02. The van der Waals surface area contributed by atoms with E-state index in [1.807, 2.05) is 53.4 Å². The van der Waals surface area contributed by atoms with Crippen LogP contribution >= 0.6 is 0 Å². The van der Waals surface area contributed by atoms with Crippen LogP contribution in [0, 0.1) is 5.92 Å². The molecule has 0 aromatic heterocycles. The molecule has 5 rings (SSSR count). The van der Waals surface area contributed by atoms with Gasteiger partial charge in [0.15, 0.2) is 0 Å². The second kappa shape index (κ2) is 10.5. The number of nitrogens with one attached hydrogen (secondary N) is 1. The highest BCUT2D eigenvalue weighted by molar-refractivity contribution is 6.16. The lowest BCUT2D eigenvalue weighted by Gasteiger charge is -2.26. The molecule has 1 fully saturated rings. The van der Waals surface area contributed by atoms with Gasteiger partial charge in [-0.2, -0.15) is 0 Å². The predicted octanol–water partition coefficient (Wildman–Crippen LogP) is 5.65. The quantitative estimate of drug-likeness (QED) is 0.430. The van der Waals surface area contributed by atoms with E-state index in [4.69, 9.17) is 9.47 Å². The van der Waals surface area contributed by atoms with E-state index in [1.165, 1.54) is 0 Å². The number of unbranched alkanes of at least 4 members (excludes halogenated alkanes) is 1. The molecule has 0 saturated carbocycles. The highest BCUT2D eigenvalue weighted by Crippen LogP contribution is 2.33. The number of fused-ring (bicyclic) bond motifs is 2. The Bertz CT molecular complexity index is 1230. The molecule has 2 aliphatic rings. The molecule has 6 nitrogen and oxygen atoms in total. The summed E-state index contributed by atoms with van der Waals surface area (Å²) in [6, 6.07) is 17.2. The molecule has 2 amide bonds. The summed E-state index contributed by atoms with van der Waals surface area (Å²) in [5.74, 6) is 1.01. The first-order valence-corrected chi connectivity index (χ1v) is 12.6. The molecule has 3 aromatic carbocycles. The van der Waals surface area contributed by atoms with Crippen LogP contribution in [0.4, 0.5) is 5.69 Å².